The molecule has 0 unspecified atom stereocenters. The Morgan fingerprint density at radius 1 is 0.862 bits per heavy atom. The summed E-state index contributed by atoms with van der Waals surface area (Å²) in [4.78, 5) is 1.01. The number of allylic oxidation sites excluding steroid dienone is 6. The fraction of sp³-hybridized carbons (Fsp3) is 0.167. The van der Waals surface area contributed by atoms with Gasteiger partial charge in [0.25, 0.3) is 0 Å². The van der Waals surface area contributed by atoms with Gasteiger partial charge in [-0.2, -0.15) is 10.5 Å². The SMILES string of the molecule is C/C(C#N)=C/c1ccc(/C(C)=C/C=C(\C)c2cc3sc(/C=C(/C)C#N)cc3o2)o1. The molecule has 3 heterocycles. The molecule has 0 bridgehead atoms. The van der Waals surface area contributed by atoms with Crippen LogP contribution >= 0.6 is 11.3 Å². The molecule has 0 spiro atoms. The Bertz CT molecular complexity index is 1230. The van der Waals surface area contributed by atoms with E-state index in [1.807, 2.05) is 56.3 Å². The Morgan fingerprint density at radius 3 is 2.17 bits per heavy atom. The summed E-state index contributed by atoms with van der Waals surface area (Å²) in [7, 11) is 0. The Hall–Kier alpha value is -3.54. The lowest BCUT2D eigenvalue weighted by molar-refractivity contribution is 0.542. The van der Waals surface area contributed by atoms with Gasteiger partial charge in [-0.3, -0.25) is 0 Å². The molecule has 4 nitrogen and oxygen atoms in total. The molecular weight excluding hydrogens is 380 g/mol. The van der Waals surface area contributed by atoms with Crippen LogP contribution in [0.4, 0.5) is 0 Å². The van der Waals surface area contributed by atoms with Crippen molar-refractivity contribution in [3.63, 3.8) is 0 Å². The van der Waals surface area contributed by atoms with Crippen molar-refractivity contribution in [1.82, 2.24) is 0 Å². The zero-order valence-electron chi connectivity index (χ0n) is 16.7. The van der Waals surface area contributed by atoms with Crippen LogP contribution in [0.5, 0.6) is 0 Å². The van der Waals surface area contributed by atoms with Crippen LogP contribution in [0.25, 0.3) is 33.6 Å². The largest absolute Gasteiger partial charge is 0.457 e. The number of rotatable bonds is 5. The van der Waals surface area contributed by atoms with Crippen LogP contribution in [0, 0.1) is 22.7 Å². The zero-order valence-corrected chi connectivity index (χ0v) is 17.6. The number of nitrogens with zero attached hydrogens (tertiary/aromatic N) is 2. The van der Waals surface area contributed by atoms with Gasteiger partial charge in [-0.05, 0) is 69.2 Å². The van der Waals surface area contributed by atoms with Crippen molar-refractivity contribution in [2.45, 2.75) is 27.7 Å². The lowest BCUT2D eigenvalue weighted by Gasteiger charge is -1.97. The van der Waals surface area contributed by atoms with Gasteiger partial charge in [0.05, 0.1) is 16.8 Å². The van der Waals surface area contributed by atoms with Gasteiger partial charge in [0, 0.05) is 22.1 Å². The maximum absolute atomic E-state index is 8.90. The number of hydrogen-bond acceptors (Lipinski definition) is 5. The molecule has 29 heavy (non-hydrogen) atoms. The molecule has 3 rings (SSSR count). The molecule has 0 radical (unpaired) electrons. The number of hydrogen-bond donors (Lipinski definition) is 0. The number of thiophene rings is 1. The van der Waals surface area contributed by atoms with E-state index in [1.54, 1.807) is 31.3 Å². The number of fused-ring (bicyclic) bond motifs is 1. The predicted octanol–water partition coefficient (Wildman–Crippen LogP) is 7.45. The molecular formula is C24H20N2O2S. The van der Waals surface area contributed by atoms with E-state index in [0.717, 1.165) is 37.8 Å². The van der Waals surface area contributed by atoms with Crippen LogP contribution in [-0.2, 0) is 0 Å². The van der Waals surface area contributed by atoms with Crippen molar-refractivity contribution in [3.8, 4) is 12.1 Å². The van der Waals surface area contributed by atoms with Crippen LogP contribution in [0.2, 0.25) is 0 Å². The minimum absolute atomic E-state index is 0.600. The topological polar surface area (TPSA) is 73.9 Å². The fourth-order valence-electron chi connectivity index (χ4n) is 2.67. The normalized spacial score (nSPS) is 13.6. The van der Waals surface area contributed by atoms with E-state index in [2.05, 4.69) is 12.1 Å². The summed E-state index contributed by atoms with van der Waals surface area (Å²) >= 11 is 1.60. The van der Waals surface area contributed by atoms with Crippen LogP contribution in [0.15, 0.2) is 56.4 Å². The predicted molar refractivity (Wildman–Crippen MR) is 119 cm³/mol. The maximum Gasteiger partial charge on any atom is 0.146 e. The molecule has 144 valence electrons. The fourth-order valence-corrected chi connectivity index (χ4v) is 3.69. The molecule has 0 aliphatic heterocycles. The van der Waals surface area contributed by atoms with Crippen LogP contribution in [-0.4, -0.2) is 0 Å². The summed E-state index contributed by atoms with van der Waals surface area (Å²) in [6.45, 7) is 7.51. The van der Waals surface area contributed by atoms with Crippen LogP contribution in [0.1, 0.15) is 49.9 Å². The molecule has 0 amide bonds. The molecule has 0 aliphatic rings. The molecule has 0 N–H and O–H groups in total. The van der Waals surface area contributed by atoms with E-state index in [4.69, 9.17) is 19.4 Å². The van der Waals surface area contributed by atoms with Crippen molar-refractivity contribution >= 4 is 44.9 Å². The summed E-state index contributed by atoms with van der Waals surface area (Å²) in [6, 6.07) is 11.9. The highest BCUT2D eigenvalue weighted by Crippen LogP contribution is 2.33. The lowest BCUT2D eigenvalue weighted by atomic mass is 10.1. The summed E-state index contributed by atoms with van der Waals surface area (Å²) in [5.41, 5.74) is 4.08. The third-order valence-electron chi connectivity index (χ3n) is 4.28. The third kappa shape index (κ3) is 4.85. The summed E-state index contributed by atoms with van der Waals surface area (Å²) in [5, 5.41) is 17.8. The second-order valence-electron chi connectivity index (χ2n) is 6.77. The van der Waals surface area contributed by atoms with Gasteiger partial charge < -0.3 is 8.83 Å². The molecule has 0 atom stereocenters. The van der Waals surface area contributed by atoms with Gasteiger partial charge in [0.15, 0.2) is 0 Å². The van der Waals surface area contributed by atoms with E-state index < -0.39 is 0 Å². The molecule has 0 aromatic carbocycles. The highest BCUT2D eigenvalue weighted by Gasteiger charge is 2.09. The molecule has 3 aromatic rings. The van der Waals surface area contributed by atoms with Crippen LogP contribution in [0.3, 0.4) is 0 Å². The highest BCUT2D eigenvalue weighted by atomic mass is 32.1. The first-order valence-electron chi connectivity index (χ1n) is 9.05. The van der Waals surface area contributed by atoms with Gasteiger partial charge in [-0.1, -0.05) is 12.2 Å². The monoisotopic (exact) mass is 400 g/mol. The van der Waals surface area contributed by atoms with Crippen molar-refractivity contribution < 1.29 is 8.83 Å². The van der Waals surface area contributed by atoms with Crippen LogP contribution < -0.4 is 0 Å². The molecule has 0 saturated carbocycles. The second kappa shape index (κ2) is 8.65. The first-order chi connectivity index (χ1) is 13.9. The molecule has 3 aromatic heterocycles. The summed E-state index contributed by atoms with van der Waals surface area (Å²) in [5.74, 6) is 2.24. The second-order valence-corrected chi connectivity index (χ2v) is 7.88. The van der Waals surface area contributed by atoms with E-state index in [1.165, 1.54) is 0 Å². The van der Waals surface area contributed by atoms with Gasteiger partial charge >= 0.3 is 0 Å². The molecule has 0 saturated heterocycles. The molecule has 0 aliphatic carbocycles. The van der Waals surface area contributed by atoms with E-state index >= 15 is 0 Å². The average molecular weight is 401 g/mol. The first kappa shape index (κ1) is 20.2. The number of nitriles is 2. The smallest absolute Gasteiger partial charge is 0.146 e. The summed E-state index contributed by atoms with van der Waals surface area (Å²) < 4.78 is 12.8. The number of furan rings is 2. The maximum atomic E-state index is 8.90. The minimum atomic E-state index is 0.600. The van der Waals surface area contributed by atoms with Gasteiger partial charge in [0.1, 0.15) is 22.9 Å². The standard InChI is InChI=1S/C24H20N2O2S/c1-15(13-25)9-19-7-8-21(27-19)17(3)5-6-18(4)22-12-24-23(28-22)11-20(29-24)10-16(2)14-26/h5-12H,1-4H3/b15-9-,16-10-,17-5+,18-6+. The average Bonchev–Trinajstić information content (AvgIpc) is 3.40. The Labute approximate surface area is 174 Å². The van der Waals surface area contributed by atoms with E-state index in [9.17, 15) is 0 Å². The first-order valence-corrected chi connectivity index (χ1v) is 9.87. The van der Waals surface area contributed by atoms with Crippen molar-refractivity contribution in [2.24, 2.45) is 0 Å². The molecule has 0 fully saturated rings. The lowest BCUT2D eigenvalue weighted by Crippen LogP contribution is -1.76. The Morgan fingerprint density at radius 2 is 1.52 bits per heavy atom. The molecule has 5 heteroatoms. The van der Waals surface area contributed by atoms with Gasteiger partial charge in [-0.25, -0.2) is 0 Å². The van der Waals surface area contributed by atoms with Gasteiger partial charge in [-0.15, -0.1) is 11.3 Å². The van der Waals surface area contributed by atoms with Gasteiger partial charge in [0.2, 0.25) is 0 Å². The summed E-state index contributed by atoms with van der Waals surface area (Å²) in [6.07, 6.45) is 7.56. The van der Waals surface area contributed by atoms with Crippen molar-refractivity contribution in [3.05, 3.63) is 69.7 Å². The quantitative estimate of drug-likeness (QED) is 0.329. The highest BCUT2D eigenvalue weighted by molar-refractivity contribution is 7.19. The minimum Gasteiger partial charge on any atom is -0.457 e. The Kier molecular flexibility index (Phi) is 6.02. The van der Waals surface area contributed by atoms with Crippen molar-refractivity contribution in [2.75, 3.05) is 0 Å². The third-order valence-corrected chi connectivity index (χ3v) is 5.29. The van der Waals surface area contributed by atoms with Crippen molar-refractivity contribution in [1.29, 1.82) is 10.5 Å². The zero-order chi connectivity index (χ0) is 21.0. The Balaban J connectivity index is 1.79. The van der Waals surface area contributed by atoms with E-state index in [0.29, 0.717) is 16.9 Å². The van der Waals surface area contributed by atoms with E-state index in [-0.39, 0.29) is 0 Å².